The van der Waals surface area contributed by atoms with Crippen LogP contribution in [0, 0.1) is 9.39 Å². The first-order chi connectivity index (χ1) is 12.5. The van der Waals surface area contributed by atoms with Crippen LogP contribution >= 0.6 is 22.6 Å². The number of anilines is 2. The molecule has 0 aromatic heterocycles. The molecule has 2 N–H and O–H groups in total. The molecule has 5 nitrogen and oxygen atoms in total. The summed E-state index contributed by atoms with van der Waals surface area (Å²) in [6, 6.07) is 11.8. The van der Waals surface area contributed by atoms with Gasteiger partial charge in [-0.15, -0.1) is 0 Å². The quantitative estimate of drug-likeness (QED) is 0.663. The third-order valence-corrected chi connectivity index (χ3v) is 5.15. The van der Waals surface area contributed by atoms with Gasteiger partial charge < -0.3 is 15.5 Å². The van der Waals surface area contributed by atoms with E-state index in [-0.39, 0.29) is 18.3 Å². The molecule has 1 aliphatic rings. The van der Waals surface area contributed by atoms with Crippen molar-refractivity contribution in [1.82, 2.24) is 5.32 Å². The largest absolute Gasteiger partial charge is 0.369 e. The SMILES string of the molecule is O=C(CNC(=O)c1ccccc1I)Nc1ccc(N2CCCC2)c(F)c1. The Morgan fingerprint density at radius 2 is 1.85 bits per heavy atom. The van der Waals surface area contributed by atoms with Gasteiger partial charge in [0.05, 0.1) is 17.8 Å². The summed E-state index contributed by atoms with van der Waals surface area (Å²) in [5.41, 5.74) is 1.45. The molecule has 0 bridgehead atoms. The zero-order valence-corrected chi connectivity index (χ0v) is 16.3. The Hall–Kier alpha value is -2.16. The number of amides is 2. The first-order valence-corrected chi connectivity index (χ1v) is 9.49. The van der Waals surface area contributed by atoms with Gasteiger partial charge in [0, 0.05) is 22.3 Å². The van der Waals surface area contributed by atoms with Crippen LogP contribution in [-0.2, 0) is 4.79 Å². The summed E-state index contributed by atoms with van der Waals surface area (Å²) in [4.78, 5) is 26.1. The van der Waals surface area contributed by atoms with Crippen LogP contribution in [0.4, 0.5) is 15.8 Å². The van der Waals surface area contributed by atoms with Crippen LogP contribution in [0.1, 0.15) is 23.2 Å². The molecule has 7 heteroatoms. The van der Waals surface area contributed by atoms with Crippen LogP contribution in [0.3, 0.4) is 0 Å². The lowest BCUT2D eigenvalue weighted by Gasteiger charge is -2.18. The maximum Gasteiger partial charge on any atom is 0.252 e. The van der Waals surface area contributed by atoms with Crippen LogP contribution in [0.2, 0.25) is 0 Å². The summed E-state index contributed by atoms with van der Waals surface area (Å²) < 4.78 is 15.1. The number of benzene rings is 2. The van der Waals surface area contributed by atoms with Crippen molar-refractivity contribution < 1.29 is 14.0 Å². The molecule has 3 rings (SSSR count). The van der Waals surface area contributed by atoms with E-state index in [1.807, 2.05) is 17.0 Å². The summed E-state index contributed by atoms with van der Waals surface area (Å²) >= 11 is 2.07. The zero-order valence-electron chi connectivity index (χ0n) is 14.1. The van der Waals surface area contributed by atoms with Gasteiger partial charge in [-0.1, -0.05) is 12.1 Å². The van der Waals surface area contributed by atoms with Gasteiger partial charge in [-0.25, -0.2) is 4.39 Å². The maximum absolute atomic E-state index is 14.3. The highest BCUT2D eigenvalue weighted by Crippen LogP contribution is 2.26. The van der Waals surface area contributed by atoms with Crippen molar-refractivity contribution >= 4 is 45.8 Å². The van der Waals surface area contributed by atoms with Crippen molar-refractivity contribution in [2.45, 2.75) is 12.8 Å². The number of carbonyl (C=O) groups excluding carboxylic acids is 2. The van der Waals surface area contributed by atoms with Crippen molar-refractivity contribution in [3.63, 3.8) is 0 Å². The third kappa shape index (κ3) is 4.51. The van der Waals surface area contributed by atoms with E-state index in [0.29, 0.717) is 16.9 Å². The van der Waals surface area contributed by atoms with Gasteiger partial charge in [0.15, 0.2) is 0 Å². The Morgan fingerprint density at radius 1 is 1.12 bits per heavy atom. The molecule has 0 radical (unpaired) electrons. The number of hydrogen-bond acceptors (Lipinski definition) is 3. The van der Waals surface area contributed by atoms with Gasteiger partial charge in [0.25, 0.3) is 5.91 Å². The van der Waals surface area contributed by atoms with Crippen LogP contribution in [0.15, 0.2) is 42.5 Å². The Balaban J connectivity index is 1.55. The number of nitrogens with zero attached hydrogens (tertiary/aromatic N) is 1. The molecule has 136 valence electrons. The Morgan fingerprint density at radius 3 is 2.54 bits per heavy atom. The molecule has 1 fully saturated rings. The molecule has 0 saturated carbocycles. The number of nitrogens with one attached hydrogen (secondary N) is 2. The van der Waals surface area contributed by atoms with Crippen molar-refractivity contribution in [3.8, 4) is 0 Å². The monoisotopic (exact) mass is 467 g/mol. The van der Waals surface area contributed by atoms with E-state index >= 15 is 0 Å². The van der Waals surface area contributed by atoms with Crippen LogP contribution in [0.5, 0.6) is 0 Å². The fourth-order valence-corrected chi connectivity index (χ4v) is 3.54. The van der Waals surface area contributed by atoms with E-state index in [9.17, 15) is 14.0 Å². The molecule has 0 spiro atoms. The summed E-state index contributed by atoms with van der Waals surface area (Å²) in [5.74, 6) is -1.08. The lowest BCUT2D eigenvalue weighted by Crippen LogP contribution is -2.33. The average Bonchev–Trinajstić information content (AvgIpc) is 3.14. The van der Waals surface area contributed by atoms with Crippen LogP contribution in [0.25, 0.3) is 0 Å². The molecule has 2 amide bonds. The van der Waals surface area contributed by atoms with Gasteiger partial charge in [0.2, 0.25) is 5.91 Å². The smallest absolute Gasteiger partial charge is 0.252 e. The molecule has 0 aliphatic carbocycles. The summed E-state index contributed by atoms with van der Waals surface area (Å²) in [7, 11) is 0. The fraction of sp³-hybridized carbons (Fsp3) is 0.263. The van der Waals surface area contributed by atoms with Crippen molar-refractivity contribution in [2.75, 3.05) is 29.9 Å². The van der Waals surface area contributed by atoms with E-state index in [2.05, 4.69) is 33.2 Å². The predicted molar refractivity (Wildman–Crippen MR) is 108 cm³/mol. The van der Waals surface area contributed by atoms with Crippen molar-refractivity contribution in [3.05, 3.63) is 57.4 Å². The van der Waals surface area contributed by atoms with Gasteiger partial charge in [-0.2, -0.15) is 0 Å². The third-order valence-electron chi connectivity index (χ3n) is 4.21. The van der Waals surface area contributed by atoms with E-state index in [1.54, 1.807) is 24.3 Å². The first kappa shape index (κ1) is 18.6. The molecule has 1 heterocycles. The second-order valence-corrected chi connectivity index (χ2v) is 7.23. The lowest BCUT2D eigenvalue weighted by atomic mass is 10.2. The molecule has 2 aromatic rings. The van der Waals surface area contributed by atoms with Gasteiger partial charge in [-0.3, -0.25) is 9.59 Å². The van der Waals surface area contributed by atoms with Gasteiger partial charge in [-0.05, 0) is 65.8 Å². The second kappa shape index (κ2) is 8.48. The second-order valence-electron chi connectivity index (χ2n) is 6.07. The van der Waals surface area contributed by atoms with Crippen molar-refractivity contribution in [2.24, 2.45) is 0 Å². The highest BCUT2D eigenvalue weighted by atomic mass is 127. The number of rotatable bonds is 5. The molecule has 26 heavy (non-hydrogen) atoms. The number of halogens is 2. The van der Waals surface area contributed by atoms with Gasteiger partial charge in [0.1, 0.15) is 5.82 Å². The molecule has 0 atom stereocenters. The Labute approximate surface area is 165 Å². The molecule has 1 saturated heterocycles. The standard InChI is InChI=1S/C19H19FIN3O2/c20-15-11-13(7-8-17(15)24-9-3-4-10-24)23-18(25)12-22-19(26)14-5-1-2-6-16(14)21/h1-2,5-8,11H,3-4,9-10,12H2,(H,22,26)(H,23,25). The predicted octanol–water partition coefficient (Wildman–Crippen LogP) is 3.40. The minimum atomic E-state index is -0.405. The molecular formula is C19H19FIN3O2. The highest BCUT2D eigenvalue weighted by molar-refractivity contribution is 14.1. The summed E-state index contributed by atoms with van der Waals surface area (Å²) in [6.45, 7) is 1.53. The Bertz CT molecular complexity index is 822. The molecular weight excluding hydrogens is 448 g/mol. The summed E-state index contributed by atoms with van der Waals surface area (Å²) in [6.07, 6.45) is 2.13. The molecule has 2 aromatic carbocycles. The first-order valence-electron chi connectivity index (χ1n) is 8.41. The van der Waals surface area contributed by atoms with Crippen LogP contribution < -0.4 is 15.5 Å². The minimum absolute atomic E-state index is 0.181. The van der Waals surface area contributed by atoms with Crippen molar-refractivity contribution in [1.29, 1.82) is 0 Å². The highest BCUT2D eigenvalue weighted by Gasteiger charge is 2.17. The average molecular weight is 467 g/mol. The van der Waals surface area contributed by atoms with Gasteiger partial charge >= 0.3 is 0 Å². The fourth-order valence-electron chi connectivity index (χ4n) is 2.91. The lowest BCUT2D eigenvalue weighted by molar-refractivity contribution is -0.115. The topological polar surface area (TPSA) is 61.4 Å². The Kier molecular flexibility index (Phi) is 6.08. The van der Waals surface area contributed by atoms with E-state index < -0.39 is 5.91 Å². The molecule has 1 aliphatic heterocycles. The van der Waals surface area contributed by atoms with E-state index in [0.717, 1.165) is 29.5 Å². The number of carbonyl (C=O) groups is 2. The minimum Gasteiger partial charge on any atom is -0.369 e. The number of hydrogen-bond donors (Lipinski definition) is 2. The summed E-state index contributed by atoms with van der Waals surface area (Å²) in [5, 5.41) is 5.18. The normalized spacial score (nSPS) is 13.5. The van der Waals surface area contributed by atoms with Crippen LogP contribution in [-0.4, -0.2) is 31.4 Å². The molecule has 0 unspecified atom stereocenters. The zero-order chi connectivity index (χ0) is 18.5. The van der Waals surface area contributed by atoms with E-state index in [4.69, 9.17) is 0 Å². The maximum atomic E-state index is 14.3. The van der Waals surface area contributed by atoms with E-state index in [1.165, 1.54) is 6.07 Å².